The molecule has 0 atom stereocenters. The summed E-state index contributed by atoms with van der Waals surface area (Å²) in [5.74, 6) is -1.23. The molecule has 20 heavy (non-hydrogen) atoms. The Bertz CT molecular complexity index is 466. The fraction of sp³-hybridized carbons (Fsp3) is 0.467. The van der Waals surface area contributed by atoms with Crippen LogP contribution in [0.25, 0.3) is 0 Å². The zero-order valence-corrected chi connectivity index (χ0v) is 11.3. The number of benzene rings is 1. The normalized spacial score (nSPS) is 17.2. The molecule has 1 aliphatic carbocycles. The number of hydrogen-bond acceptors (Lipinski definition) is 4. The fourth-order valence-electron chi connectivity index (χ4n) is 2.49. The van der Waals surface area contributed by atoms with Gasteiger partial charge in [-0.2, -0.15) is 0 Å². The van der Waals surface area contributed by atoms with Gasteiger partial charge in [0.05, 0.1) is 11.5 Å². The lowest BCUT2D eigenvalue weighted by Crippen LogP contribution is -2.60. The third-order valence-corrected chi connectivity index (χ3v) is 3.65. The maximum atomic E-state index is 11.8. The third kappa shape index (κ3) is 3.50. The molecular weight excluding hydrogens is 258 g/mol. The summed E-state index contributed by atoms with van der Waals surface area (Å²) < 4.78 is 5.06. The van der Waals surface area contributed by atoms with Gasteiger partial charge in [-0.3, -0.25) is 0 Å². The van der Waals surface area contributed by atoms with Gasteiger partial charge >= 0.3 is 6.09 Å². The number of amides is 1. The molecule has 0 aromatic heterocycles. The molecular formula is C15H18NO4-. The van der Waals surface area contributed by atoms with Crippen molar-refractivity contribution < 1.29 is 19.4 Å². The number of carbonyl (C=O) groups is 2. The lowest BCUT2D eigenvalue weighted by molar-refractivity contribution is -0.315. The number of alkyl carbamates (subject to hydrolysis) is 1. The van der Waals surface area contributed by atoms with Gasteiger partial charge in [0.1, 0.15) is 6.61 Å². The van der Waals surface area contributed by atoms with E-state index in [9.17, 15) is 14.7 Å². The first-order valence-electron chi connectivity index (χ1n) is 6.83. The van der Waals surface area contributed by atoms with Gasteiger partial charge in [0, 0.05) is 0 Å². The monoisotopic (exact) mass is 276 g/mol. The Labute approximate surface area is 117 Å². The lowest BCUT2D eigenvalue weighted by Gasteiger charge is -2.38. The van der Waals surface area contributed by atoms with Crippen molar-refractivity contribution in [2.24, 2.45) is 0 Å². The fourth-order valence-corrected chi connectivity index (χ4v) is 2.49. The maximum absolute atomic E-state index is 11.8. The molecule has 0 radical (unpaired) electrons. The molecule has 108 valence electrons. The van der Waals surface area contributed by atoms with Crippen LogP contribution in [0.4, 0.5) is 4.79 Å². The van der Waals surface area contributed by atoms with Crippen molar-refractivity contribution in [2.45, 2.75) is 44.2 Å². The van der Waals surface area contributed by atoms with Crippen molar-refractivity contribution in [3.63, 3.8) is 0 Å². The van der Waals surface area contributed by atoms with Crippen LogP contribution in [-0.4, -0.2) is 17.6 Å². The predicted molar refractivity (Wildman–Crippen MR) is 70.6 cm³/mol. The van der Waals surface area contributed by atoms with Crippen molar-refractivity contribution in [1.82, 2.24) is 5.32 Å². The number of ether oxygens (including phenoxy) is 1. The van der Waals surface area contributed by atoms with Crippen molar-refractivity contribution in [1.29, 1.82) is 0 Å². The van der Waals surface area contributed by atoms with Gasteiger partial charge in [-0.05, 0) is 18.4 Å². The van der Waals surface area contributed by atoms with E-state index >= 15 is 0 Å². The minimum absolute atomic E-state index is 0.121. The Hall–Kier alpha value is -2.04. The molecule has 1 saturated carbocycles. The highest BCUT2D eigenvalue weighted by atomic mass is 16.5. The highest BCUT2D eigenvalue weighted by molar-refractivity contribution is 5.83. The highest BCUT2D eigenvalue weighted by Crippen LogP contribution is 2.27. The van der Waals surface area contributed by atoms with E-state index in [1.165, 1.54) is 0 Å². The quantitative estimate of drug-likeness (QED) is 0.900. The molecule has 0 spiro atoms. The minimum Gasteiger partial charge on any atom is -0.548 e. The summed E-state index contributed by atoms with van der Waals surface area (Å²) in [6, 6.07) is 9.24. The largest absolute Gasteiger partial charge is 0.548 e. The number of carboxylic acid groups (broad SMARTS) is 1. The van der Waals surface area contributed by atoms with E-state index < -0.39 is 17.6 Å². The first-order chi connectivity index (χ1) is 9.62. The highest BCUT2D eigenvalue weighted by Gasteiger charge is 2.35. The second-order valence-electron chi connectivity index (χ2n) is 5.12. The van der Waals surface area contributed by atoms with Gasteiger partial charge in [-0.1, -0.05) is 49.6 Å². The number of carboxylic acids is 1. The zero-order chi connectivity index (χ0) is 14.4. The molecule has 0 aliphatic heterocycles. The number of carbonyl (C=O) groups excluding carboxylic acids is 2. The molecule has 5 heteroatoms. The smallest absolute Gasteiger partial charge is 0.408 e. The van der Waals surface area contributed by atoms with E-state index in [0.717, 1.165) is 24.8 Å². The lowest BCUT2D eigenvalue weighted by atomic mass is 9.82. The number of aliphatic carboxylic acids is 1. The molecule has 1 aromatic rings. The van der Waals surface area contributed by atoms with Gasteiger partial charge in [0.15, 0.2) is 0 Å². The molecule has 1 aliphatic rings. The Morgan fingerprint density at radius 1 is 1.15 bits per heavy atom. The van der Waals surface area contributed by atoms with Crippen LogP contribution >= 0.6 is 0 Å². The van der Waals surface area contributed by atoms with Crippen LogP contribution < -0.4 is 10.4 Å². The maximum Gasteiger partial charge on any atom is 0.408 e. The first-order valence-corrected chi connectivity index (χ1v) is 6.83. The molecule has 0 heterocycles. The average molecular weight is 276 g/mol. The summed E-state index contributed by atoms with van der Waals surface area (Å²) in [6.07, 6.45) is 2.61. The summed E-state index contributed by atoms with van der Waals surface area (Å²) >= 11 is 0. The number of nitrogens with one attached hydrogen (secondary N) is 1. The van der Waals surface area contributed by atoms with Gasteiger partial charge in [0.25, 0.3) is 0 Å². The molecule has 1 fully saturated rings. The summed E-state index contributed by atoms with van der Waals surface area (Å²) in [4.78, 5) is 23.1. The molecule has 1 aromatic carbocycles. The van der Waals surface area contributed by atoms with Crippen molar-refractivity contribution in [2.75, 3.05) is 0 Å². The number of rotatable bonds is 4. The van der Waals surface area contributed by atoms with Crippen molar-refractivity contribution in [3.05, 3.63) is 35.9 Å². The summed E-state index contributed by atoms with van der Waals surface area (Å²) in [5.41, 5.74) is -0.416. The van der Waals surface area contributed by atoms with E-state index in [2.05, 4.69) is 5.32 Å². The van der Waals surface area contributed by atoms with E-state index in [-0.39, 0.29) is 6.61 Å². The molecule has 1 amide bonds. The molecule has 0 bridgehead atoms. The Kier molecular flexibility index (Phi) is 4.61. The summed E-state index contributed by atoms with van der Waals surface area (Å²) in [7, 11) is 0. The van der Waals surface area contributed by atoms with Crippen LogP contribution in [0.15, 0.2) is 30.3 Å². The number of hydrogen-bond donors (Lipinski definition) is 1. The van der Waals surface area contributed by atoms with Crippen LogP contribution in [0.1, 0.15) is 37.7 Å². The standard InChI is InChI=1S/C15H19NO4/c17-13(18)15(9-5-2-6-10-15)16-14(19)20-11-12-7-3-1-4-8-12/h1,3-4,7-8H,2,5-6,9-11H2,(H,16,19)(H,17,18)/p-1. The minimum atomic E-state index is -1.27. The van der Waals surface area contributed by atoms with Gasteiger partial charge < -0.3 is 20.0 Å². The Morgan fingerprint density at radius 2 is 1.80 bits per heavy atom. The van der Waals surface area contributed by atoms with Crippen LogP contribution in [0.2, 0.25) is 0 Å². The SMILES string of the molecule is O=C(NC1(C(=O)[O-])CCCCC1)OCc1ccccc1. The third-order valence-electron chi connectivity index (χ3n) is 3.65. The summed E-state index contributed by atoms with van der Waals surface area (Å²) in [6.45, 7) is 0.121. The topological polar surface area (TPSA) is 78.5 Å². The van der Waals surface area contributed by atoms with E-state index in [0.29, 0.717) is 12.8 Å². The van der Waals surface area contributed by atoms with E-state index in [1.807, 2.05) is 30.3 Å². The van der Waals surface area contributed by atoms with Crippen molar-refractivity contribution in [3.8, 4) is 0 Å². The van der Waals surface area contributed by atoms with Crippen LogP contribution in [0, 0.1) is 0 Å². The van der Waals surface area contributed by atoms with Crippen LogP contribution in [0.3, 0.4) is 0 Å². The van der Waals surface area contributed by atoms with Crippen LogP contribution in [0.5, 0.6) is 0 Å². The second-order valence-corrected chi connectivity index (χ2v) is 5.12. The summed E-state index contributed by atoms with van der Waals surface area (Å²) in [5, 5.41) is 13.8. The van der Waals surface area contributed by atoms with Gasteiger partial charge in [0.2, 0.25) is 0 Å². The second kappa shape index (κ2) is 6.41. The molecule has 1 N–H and O–H groups in total. The molecule has 5 nitrogen and oxygen atoms in total. The zero-order valence-electron chi connectivity index (χ0n) is 11.3. The Morgan fingerprint density at radius 3 is 2.40 bits per heavy atom. The predicted octanol–water partition coefficient (Wildman–Crippen LogP) is 1.37. The average Bonchev–Trinajstić information content (AvgIpc) is 2.47. The van der Waals surface area contributed by atoms with Gasteiger partial charge in [-0.15, -0.1) is 0 Å². The first kappa shape index (κ1) is 14.4. The van der Waals surface area contributed by atoms with Crippen molar-refractivity contribution >= 4 is 12.1 Å². The molecule has 2 rings (SSSR count). The Balaban J connectivity index is 1.90. The van der Waals surface area contributed by atoms with Crippen LogP contribution in [-0.2, 0) is 16.1 Å². The molecule has 0 unspecified atom stereocenters. The van der Waals surface area contributed by atoms with E-state index in [1.54, 1.807) is 0 Å². The van der Waals surface area contributed by atoms with E-state index in [4.69, 9.17) is 4.74 Å². The van der Waals surface area contributed by atoms with Gasteiger partial charge in [-0.25, -0.2) is 4.79 Å². The molecule has 0 saturated heterocycles.